The van der Waals surface area contributed by atoms with Gasteiger partial charge >= 0.3 is 11.9 Å². The Morgan fingerprint density at radius 2 is 2.06 bits per heavy atom. The van der Waals surface area contributed by atoms with Crippen molar-refractivity contribution >= 4 is 11.9 Å². The first-order valence-corrected chi connectivity index (χ1v) is 4.36. The Bertz CT molecular complexity index is 321. The van der Waals surface area contributed by atoms with E-state index in [9.17, 15) is 9.59 Å². The van der Waals surface area contributed by atoms with E-state index in [1.807, 2.05) is 0 Å². The predicted molar refractivity (Wildman–Crippen MR) is 52.9 cm³/mol. The maximum Gasteiger partial charge on any atom is 0.320 e. The standard InChI is InChI=1S/C5H9NO4.C4H4O2/c6-3(5(9)10)1-2-4(7)8;5-4-2-1-3-6-4/h3H,1-2,6H2,(H,7,8)(H,9,10);1-3,5H/t3-;/m0./s1. The molecule has 5 N–H and O–H groups in total. The van der Waals surface area contributed by atoms with Crippen molar-refractivity contribution in [3.63, 3.8) is 0 Å². The van der Waals surface area contributed by atoms with E-state index in [0.29, 0.717) is 0 Å². The van der Waals surface area contributed by atoms with Gasteiger partial charge in [0.15, 0.2) is 0 Å². The Balaban J connectivity index is 0.000000315. The monoisotopic (exact) mass is 231 g/mol. The minimum Gasteiger partial charge on any atom is -0.481 e. The van der Waals surface area contributed by atoms with Crippen LogP contribution in [0.4, 0.5) is 0 Å². The molecule has 0 unspecified atom stereocenters. The fraction of sp³-hybridized carbons (Fsp3) is 0.333. The molecule has 0 amide bonds. The zero-order chi connectivity index (χ0) is 12.6. The summed E-state index contributed by atoms with van der Waals surface area (Å²) in [6, 6.07) is 2.03. The zero-order valence-corrected chi connectivity index (χ0v) is 8.37. The average molecular weight is 231 g/mol. The van der Waals surface area contributed by atoms with Crippen LogP contribution in [-0.4, -0.2) is 33.3 Å². The lowest BCUT2D eigenvalue weighted by atomic mass is 10.2. The van der Waals surface area contributed by atoms with Crippen molar-refractivity contribution in [3.05, 3.63) is 18.4 Å². The predicted octanol–water partition coefficient (Wildman–Crippen LogP) is 0.248. The van der Waals surface area contributed by atoms with E-state index >= 15 is 0 Å². The molecule has 0 saturated heterocycles. The van der Waals surface area contributed by atoms with Crippen LogP contribution >= 0.6 is 0 Å². The van der Waals surface area contributed by atoms with Gasteiger partial charge in [0, 0.05) is 12.5 Å². The molecule has 1 aromatic heterocycles. The molecule has 7 heteroatoms. The van der Waals surface area contributed by atoms with E-state index in [1.165, 1.54) is 12.3 Å². The Kier molecular flexibility index (Phi) is 6.37. The molecule has 0 aliphatic carbocycles. The number of aromatic hydroxyl groups is 1. The van der Waals surface area contributed by atoms with Gasteiger partial charge in [-0.3, -0.25) is 9.59 Å². The summed E-state index contributed by atoms with van der Waals surface area (Å²) >= 11 is 0. The second-order valence-corrected chi connectivity index (χ2v) is 2.83. The number of carboxylic acids is 2. The van der Waals surface area contributed by atoms with Crippen molar-refractivity contribution in [3.8, 4) is 5.95 Å². The normalized spacial score (nSPS) is 11.1. The number of aliphatic carboxylic acids is 2. The summed E-state index contributed by atoms with van der Waals surface area (Å²) in [7, 11) is 0. The minimum atomic E-state index is -1.17. The van der Waals surface area contributed by atoms with Gasteiger partial charge in [-0.05, 0) is 12.5 Å². The molecule has 7 nitrogen and oxygen atoms in total. The van der Waals surface area contributed by atoms with E-state index in [4.69, 9.17) is 21.1 Å². The lowest BCUT2D eigenvalue weighted by Gasteiger charge is -2.01. The average Bonchev–Trinajstić information content (AvgIpc) is 2.66. The van der Waals surface area contributed by atoms with E-state index in [0.717, 1.165) is 0 Å². The highest BCUT2D eigenvalue weighted by Crippen LogP contribution is 2.04. The maximum atomic E-state index is 9.99. The van der Waals surface area contributed by atoms with Gasteiger partial charge in [0.25, 0.3) is 5.95 Å². The third-order valence-corrected chi connectivity index (χ3v) is 1.49. The zero-order valence-electron chi connectivity index (χ0n) is 8.37. The number of hydrogen-bond acceptors (Lipinski definition) is 5. The summed E-state index contributed by atoms with van der Waals surface area (Å²) in [4.78, 5) is 19.9. The van der Waals surface area contributed by atoms with Crippen LogP contribution in [0.25, 0.3) is 0 Å². The SMILES string of the molecule is N[C@@H](CCC(=O)O)C(=O)O.Oc1ccco1. The molecule has 1 aromatic rings. The van der Waals surface area contributed by atoms with Crippen LogP contribution in [0.2, 0.25) is 0 Å². The Morgan fingerprint density at radius 1 is 1.44 bits per heavy atom. The van der Waals surface area contributed by atoms with Crippen LogP contribution in [0.3, 0.4) is 0 Å². The van der Waals surface area contributed by atoms with Crippen molar-refractivity contribution in [2.75, 3.05) is 0 Å². The van der Waals surface area contributed by atoms with E-state index in [2.05, 4.69) is 4.42 Å². The van der Waals surface area contributed by atoms with Gasteiger partial charge in [0.1, 0.15) is 6.04 Å². The molecule has 1 atom stereocenters. The molecular weight excluding hydrogens is 218 g/mol. The maximum absolute atomic E-state index is 9.99. The highest BCUT2D eigenvalue weighted by molar-refractivity contribution is 5.74. The van der Waals surface area contributed by atoms with Crippen LogP contribution < -0.4 is 5.73 Å². The van der Waals surface area contributed by atoms with Crippen molar-refractivity contribution in [2.45, 2.75) is 18.9 Å². The molecular formula is C9H13NO6. The van der Waals surface area contributed by atoms with Crippen molar-refractivity contribution < 1.29 is 29.3 Å². The number of rotatable bonds is 4. The first-order valence-electron chi connectivity index (χ1n) is 4.36. The lowest BCUT2D eigenvalue weighted by Crippen LogP contribution is -2.30. The van der Waals surface area contributed by atoms with Crippen LogP contribution in [-0.2, 0) is 9.59 Å². The first-order chi connectivity index (χ1) is 7.43. The second-order valence-electron chi connectivity index (χ2n) is 2.83. The topological polar surface area (TPSA) is 134 Å². The molecule has 1 heterocycles. The first kappa shape index (κ1) is 14.0. The highest BCUT2D eigenvalue weighted by atomic mass is 16.5. The molecule has 0 radical (unpaired) electrons. The van der Waals surface area contributed by atoms with Gasteiger partial charge in [-0.15, -0.1) is 0 Å². The van der Waals surface area contributed by atoms with E-state index < -0.39 is 18.0 Å². The lowest BCUT2D eigenvalue weighted by molar-refractivity contribution is -0.139. The summed E-state index contributed by atoms with van der Waals surface area (Å²) in [5.74, 6) is -2.23. The number of furan rings is 1. The summed E-state index contributed by atoms with van der Waals surface area (Å²) in [6.45, 7) is 0. The van der Waals surface area contributed by atoms with Gasteiger partial charge in [0.05, 0.1) is 6.26 Å². The summed E-state index contributed by atoms with van der Waals surface area (Å²) in [5, 5.41) is 24.6. The van der Waals surface area contributed by atoms with Crippen molar-refractivity contribution in [1.29, 1.82) is 0 Å². The summed E-state index contributed by atoms with van der Waals surface area (Å²) < 4.78 is 4.39. The fourth-order valence-corrected chi connectivity index (χ4v) is 0.672. The minimum absolute atomic E-state index is 0.0231. The third-order valence-electron chi connectivity index (χ3n) is 1.49. The van der Waals surface area contributed by atoms with E-state index in [1.54, 1.807) is 6.07 Å². The van der Waals surface area contributed by atoms with Crippen molar-refractivity contribution in [1.82, 2.24) is 0 Å². The van der Waals surface area contributed by atoms with E-state index in [-0.39, 0.29) is 18.8 Å². The van der Waals surface area contributed by atoms with Crippen LogP contribution in [0, 0.1) is 0 Å². The number of carbonyl (C=O) groups is 2. The molecule has 0 bridgehead atoms. The van der Waals surface area contributed by atoms with Crippen LogP contribution in [0.15, 0.2) is 22.8 Å². The fourth-order valence-electron chi connectivity index (χ4n) is 0.672. The smallest absolute Gasteiger partial charge is 0.320 e. The second kappa shape index (κ2) is 7.30. The van der Waals surface area contributed by atoms with Crippen LogP contribution in [0.5, 0.6) is 5.95 Å². The number of nitrogens with two attached hydrogens (primary N) is 1. The van der Waals surface area contributed by atoms with Gasteiger partial charge < -0.3 is 25.5 Å². The Labute approximate surface area is 91.1 Å². The molecule has 0 aliphatic heterocycles. The molecule has 0 saturated carbocycles. The molecule has 90 valence electrons. The molecule has 16 heavy (non-hydrogen) atoms. The molecule has 1 rings (SSSR count). The largest absolute Gasteiger partial charge is 0.481 e. The van der Waals surface area contributed by atoms with Gasteiger partial charge in [-0.1, -0.05) is 0 Å². The van der Waals surface area contributed by atoms with Gasteiger partial charge in [0.2, 0.25) is 0 Å². The van der Waals surface area contributed by atoms with Gasteiger partial charge in [-0.25, -0.2) is 0 Å². The number of carboxylic acid groups (broad SMARTS) is 2. The van der Waals surface area contributed by atoms with Gasteiger partial charge in [-0.2, -0.15) is 0 Å². The highest BCUT2D eigenvalue weighted by Gasteiger charge is 2.12. The third kappa shape index (κ3) is 7.39. The summed E-state index contributed by atoms with van der Waals surface area (Å²) in [6.07, 6.45) is 1.19. The number of hydrogen-bond donors (Lipinski definition) is 4. The quantitative estimate of drug-likeness (QED) is 0.583. The summed E-state index contributed by atoms with van der Waals surface area (Å²) in [5.41, 5.74) is 5.00. The molecule has 0 aromatic carbocycles. The molecule has 0 spiro atoms. The van der Waals surface area contributed by atoms with Crippen molar-refractivity contribution in [2.24, 2.45) is 5.73 Å². The molecule has 0 aliphatic rings. The molecule has 0 fully saturated rings. The Hall–Kier alpha value is -2.02. The Morgan fingerprint density at radius 3 is 2.31 bits per heavy atom. The van der Waals surface area contributed by atoms with Crippen LogP contribution in [0.1, 0.15) is 12.8 Å².